The smallest absolute Gasteiger partial charge is 0.327 e. The van der Waals surface area contributed by atoms with Crippen molar-refractivity contribution in [3.63, 3.8) is 0 Å². The largest absolute Gasteiger partial charge is 0.508 e. The molecule has 1 rings (SSSR count). The summed E-state index contributed by atoms with van der Waals surface area (Å²) in [5.74, 6) is -2.59. The van der Waals surface area contributed by atoms with Crippen LogP contribution in [0.3, 0.4) is 0 Å². The molecule has 0 aliphatic heterocycles. The van der Waals surface area contributed by atoms with Gasteiger partial charge in [-0.05, 0) is 36.1 Å². The van der Waals surface area contributed by atoms with E-state index in [9.17, 15) is 29.4 Å². The van der Waals surface area contributed by atoms with E-state index in [4.69, 9.17) is 5.73 Å². The molecule has 7 N–H and O–H groups in total. The van der Waals surface area contributed by atoms with Gasteiger partial charge in [0.2, 0.25) is 17.7 Å². The fourth-order valence-electron chi connectivity index (χ4n) is 2.56. The van der Waals surface area contributed by atoms with Crippen molar-refractivity contribution in [2.45, 2.75) is 31.0 Å². The summed E-state index contributed by atoms with van der Waals surface area (Å²) in [6.45, 7) is -0.289. The average Bonchev–Trinajstić information content (AvgIpc) is 2.75. The second-order valence-corrected chi connectivity index (χ2v) is 7.97. The average molecular weight is 473 g/mol. The number of thiol groups is 1. The molecular formula is C19H28N4O6S2. The van der Waals surface area contributed by atoms with Crippen LogP contribution in [-0.4, -0.2) is 76.3 Å². The van der Waals surface area contributed by atoms with Gasteiger partial charge in [-0.3, -0.25) is 14.4 Å². The second kappa shape index (κ2) is 13.8. The molecule has 0 heterocycles. The van der Waals surface area contributed by atoms with Crippen LogP contribution in [0, 0.1) is 0 Å². The number of phenolic OH excluding ortho intramolecular Hbond substituents is 1. The van der Waals surface area contributed by atoms with E-state index in [-0.39, 0.29) is 24.5 Å². The first-order valence-corrected chi connectivity index (χ1v) is 11.4. The zero-order valence-electron chi connectivity index (χ0n) is 17.0. The molecule has 0 fully saturated rings. The summed E-state index contributed by atoms with van der Waals surface area (Å²) in [5.41, 5.74) is 5.94. The number of phenols is 1. The van der Waals surface area contributed by atoms with Crippen LogP contribution in [0.1, 0.15) is 12.0 Å². The van der Waals surface area contributed by atoms with E-state index >= 15 is 0 Å². The van der Waals surface area contributed by atoms with Gasteiger partial charge in [0, 0.05) is 12.2 Å². The Bertz CT molecular complexity index is 762. The molecule has 0 aliphatic carbocycles. The Hall–Kier alpha value is -2.44. The minimum absolute atomic E-state index is 0.0384. The number of thioether (sulfide) groups is 1. The maximum atomic E-state index is 12.8. The number of hydrogen-bond donors (Lipinski definition) is 7. The molecule has 3 amide bonds. The lowest BCUT2D eigenvalue weighted by atomic mass is 10.0. The molecular weight excluding hydrogens is 444 g/mol. The van der Waals surface area contributed by atoms with Gasteiger partial charge in [0.25, 0.3) is 0 Å². The molecule has 0 radical (unpaired) electrons. The predicted molar refractivity (Wildman–Crippen MR) is 121 cm³/mol. The van der Waals surface area contributed by atoms with Crippen molar-refractivity contribution in [2.75, 3.05) is 24.3 Å². The molecule has 31 heavy (non-hydrogen) atoms. The molecule has 1 aromatic carbocycles. The molecule has 0 aromatic heterocycles. The van der Waals surface area contributed by atoms with Crippen molar-refractivity contribution in [2.24, 2.45) is 5.73 Å². The van der Waals surface area contributed by atoms with Gasteiger partial charge >= 0.3 is 5.97 Å². The highest BCUT2D eigenvalue weighted by Gasteiger charge is 2.29. The lowest BCUT2D eigenvalue weighted by Gasteiger charge is -2.24. The first-order valence-electron chi connectivity index (χ1n) is 9.42. The first kappa shape index (κ1) is 26.6. The number of carbonyl (C=O) groups excluding carboxylic acids is 3. The van der Waals surface area contributed by atoms with E-state index < -0.39 is 41.8 Å². The van der Waals surface area contributed by atoms with Crippen LogP contribution in [0.25, 0.3) is 0 Å². The Morgan fingerprint density at radius 3 is 2.13 bits per heavy atom. The van der Waals surface area contributed by atoms with Crippen molar-refractivity contribution in [1.82, 2.24) is 16.0 Å². The normalized spacial score (nSPS) is 13.5. The summed E-state index contributed by atoms with van der Waals surface area (Å²) < 4.78 is 0. The van der Waals surface area contributed by atoms with Gasteiger partial charge in [0.1, 0.15) is 23.9 Å². The molecule has 10 nitrogen and oxygen atoms in total. The summed E-state index contributed by atoms with van der Waals surface area (Å²) in [6.07, 6.45) is 2.21. The van der Waals surface area contributed by atoms with Gasteiger partial charge in [-0.25, -0.2) is 4.79 Å². The highest BCUT2D eigenvalue weighted by atomic mass is 32.2. The second-order valence-electron chi connectivity index (χ2n) is 6.62. The van der Waals surface area contributed by atoms with Crippen molar-refractivity contribution in [3.05, 3.63) is 29.8 Å². The minimum atomic E-state index is -1.26. The van der Waals surface area contributed by atoms with Gasteiger partial charge in [-0.15, -0.1) is 0 Å². The zero-order valence-corrected chi connectivity index (χ0v) is 18.7. The number of aromatic hydroxyl groups is 1. The van der Waals surface area contributed by atoms with Crippen LogP contribution >= 0.6 is 24.4 Å². The van der Waals surface area contributed by atoms with Crippen LogP contribution in [0.2, 0.25) is 0 Å². The number of carboxylic acids is 1. The maximum absolute atomic E-state index is 12.8. The van der Waals surface area contributed by atoms with Crippen LogP contribution in [-0.2, 0) is 25.6 Å². The molecule has 12 heteroatoms. The van der Waals surface area contributed by atoms with Crippen LogP contribution in [0.4, 0.5) is 0 Å². The lowest BCUT2D eigenvalue weighted by Crippen LogP contribution is -2.57. The van der Waals surface area contributed by atoms with Gasteiger partial charge < -0.3 is 31.9 Å². The molecule has 0 spiro atoms. The Morgan fingerprint density at radius 2 is 1.61 bits per heavy atom. The molecule has 0 saturated heterocycles. The van der Waals surface area contributed by atoms with E-state index in [1.165, 1.54) is 23.9 Å². The molecule has 3 unspecified atom stereocenters. The number of rotatable bonds is 13. The van der Waals surface area contributed by atoms with Crippen LogP contribution in [0.15, 0.2) is 24.3 Å². The third-order valence-electron chi connectivity index (χ3n) is 4.25. The highest BCUT2D eigenvalue weighted by molar-refractivity contribution is 7.98. The van der Waals surface area contributed by atoms with Crippen molar-refractivity contribution in [1.29, 1.82) is 0 Å². The van der Waals surface area contributed by atoms with E-state index in [1.807, 2.05) is 6.26 Å². The molecule has 0 aliphatic rings. The Balaban J connectivity index is 3.04. The number of hydrogen-bond acceptors (Lipinski definition) is 8. The number of carbonyl (C=O) groups is 4. The summed E-state index contributed by atoms with van der Waals surface area (Å²) >= 11 is 5.41. The summed E-state index contributed by atoms with van der Waals surface area (Å²) in [4.78, 5) is 48.5. The lowest BCUT2D eigenvalue weighted by molar-refractivity contribution is -0.141. The van der Waals surface area contributed by atoms with E-state index in [1.54, 1.807) is 12.1 Å². The molecule has 0 saturated carbocycles. The highest BCUT2D eigenvalue weighted by Crippen LogP contribution is 2.12. The first-order chi connectivity index (χ1) is 14.7. The third-order valence-corrected chi connectivity index (χ3v) is 5.26. The van der Waals surface area contributed by atoms with Crippen molar-refractivity contribution in [3.8, 4) is 5.75 Å². The van der Waals surface area contributed by atoms with E-state index in [2.05, 4.69) is 28.6 Å². The Labute approximate surface area is 190 Å². The Morgan fingerprint density at radius 1 is 1.03 bits per heavy atom. The fourth-order valence-corrected chi connectivity index (χ4v) is 3.28. The Kier molecular flexibility index (Phi) is 11.8. The molecule has 1 aromatic rings. The van der Waals surface area contributed by atoms with Gasteiger partial charge in [-0.1, -0.05) is 12.1 Å². The maximum Gasteiger partial charge on any atom is 0.327 e. The molecule has 0 bridgehead atoms. The van der Waals surface area contributed by atoms with Crippen LogP contribution in [0.5, 0.6) is 5.75 Å². The molecule has 3 atom stereocenters. The quantitative estimate of drug-likeness (QED) is 0.181. The van der Waals surface area contributed by atoms with Crippen molar-refractivity contribution < 1.29 is 29.4 Å². The fraction of sp³-hybridized carbons (Fsp3) is 0.474. The number of nitrogens with one attached hydrogen (secondary N) is 3. The van der Waals surface area contributed by atoms with Gasteiger partial charge in [-0.2, -0.15) is 24.4 Å². The minimum Gasteiger partial charge on any atom is -0.508 e. The summed E-state index contributed by atoms with van der Waals surface area (Å²) in [6, 6.07) is 2.77. The number of nitrogens with two attached hydrogens (primary N) is 1. The van der Waals surface area contributed by atoms with Gasteiger partial charge in [0.15, 0.2) is 0 Å². The summed E-state index contributed by atoms with van der Waals surface area (Å²) in [7, 11) is 0. The zero-order chi connectivity index (χ0) is 23.4. The standard InChI is InChI=1S/C19H28N4O6S2/c1-31-7-6-13(21-16(25)9-20)17(26)22-14(8-11-2-4-12(24)5-3-11)18(27)23-15(10-30)19(28)29/h2-5,13-15,24,30H,6-10,20H2,1H3,(H,21,25)(H,22,26)(H,23,27)(H,28,29). The number of carboxylic acid groups (broad SMARTS) is 1. The van der Waals surface area contributed by atoms with Gasteiger partial charge in [0.05, 0.1) is 6.54 Å². The number of benzene rings is 1. The number of amides is 3. The number of aliphatic carboxylic acids is 1. The van der Waals surface area contributed by atoms with E-state index in [0.29, 0.717) is 17.7 Å². The SMILES string of the molecule is CSCCC(NC(=O)CN)C(=O)NC(Cc1ccc(O)cc1)C(=O)NC(CS)C(=O)O. The summed E-state index contributed by atoms with van der Waals surface area (Å²) in [5, 5.41) is 26.1. The van der Waals surface area contributed by atoms with Crippen molar-refractivity contribution >= 4 is 48.1 Å². The van der Waals surface area contributed by atoms with E-state index in [0.717, 1.165) is 0 Å². The molecule has 172 valence electrons. The topological polar surface area (TPSA) is 171 Å². The predicted octanol–water partition coefficient (Wildman–Crippen LogP) is -0.885. The van der Waals surface area contributed by atoms with Crippen LogP contribution < -0.4 is 21.7 Å². The third kappa shape index (κ3) is 9.49. The monoisotopic (exact) mass is 472 g/mol.